The third-order valence-corrected chi connectivity index (χ3v) is 5.27. The van der Waals surface area contributed by atoms with Crippen LogP contribution in [0.25, 0.3) is 0 Å². The molecule has 3 aromatic carbocycles. The van der Waals surface area contributed by atoms with Crippen molar-refractivity contribution in [1.29, 1.82) is 0 Å². The topological polar surface area (TPSA) is 151 Å². The normalized spacial score (nSPS) is 11.7. The van der Waals surface area contributed by atoms with Gasteiger partial charge in [0.05, 0.1) is 35.7 Å². The van der Waals surface area contributed by atoms with Crippen LogP contribution in [0.5, 0.6) is 11.5 Å². The highest BCUT2D eigenvalue weighted by atomic mass is 32.2. The number of nitrogens with one attached hydrogen (secondary N) is 1. The van der Waals surface area contributed by atoms with Crippen LogP contribution in [0.1, 0.15) is 13.8 Å². The predicted octanol–water partition coefficient (Wildman–Crippen LogP) is 6.13. The number of nitrogens with zero attached hydrogens (tertiary/aromatic N) is 4. The molecule has 182 valence electrons. The van der Waals surface area contributed by atoms with Crippen molar-refractivity contribution in [2.45, 2.75) is 18.7 Å². The molecule has 0 aliphatic rings. The standard InChI is InChI=1S/C23H23N5O6S/c1-4-34-18-10-8-16(9-11-18)25-28-22-13-20(24-15(2)29)21(14-23(22)33-3)27-26-17-6-5-7-19(12-17)35(30,31)32/h5-14H,4H2,1-3H3,(H,24,29)(H,30,31,32). The van der Waals surface area contributed by atoms with E-state index in [0.29, 0.717) is 29.5 Å². The maximum atomic E-state index is 11.7. The van der Waals surface area contributed by atoms with Gasteiger partial charge < -0.3 is 14.8 Å². The van der Waals surface area contributed by atoms with Crippen LogP contribution in [0, 0.1) is 0 Å². The van der Waals surface area contributed by atoms with E-state index in [1.165, 1.54) is 44.4 Å². The van der Waals surface area contributed by atoms with Gasteiger partial charge in [-0.2, -0.15) is 18.6 Å². The highest BCUT2D eigenvalue weighted by Gasteiger charge is 2.13. The number of benzene rings is 3. The van der Waals surface area contributed by atoms with E-state index in [9.17, 15) is 17.8 Å². The Morgan fingerprint density at radius 1 is 0.943 bits per heavy atom. The summed E-state index contributed by atoms with van der Waals surface area (Å²) in [7, 11) is -2.95. The van der Waals surface area contributed by atoms with Crippen molar-refractivity contribution in [3.05, 3.63) is 60.7 Å². The Morgan fingerprint density at radius 2 is 1.63 bits per heavy atom. The molecule has 11 nitrogen and oxygen atoms in total. The largest absolute Gasteiger partial charge is 0.494 e. The minimum Gasteiger partial charge on any atom is -0.494 e. The first-order chi connectivity index (χ1) is 16.7. The number of anilines is 1. The minimum atomic E-state index is -4.39. The van der Waals surface area contributed by atoms with Crippen molar-refractivity contribution in [2.24, 2.45) is 20.5 Å². The Labute approximate surface area is 202 Å². The smallest absolute Gasteiger partial charge is 0.294 e. The van der Waals surface area contributed by atoms with Crippen molar-refractivity contribution in [3.63, 3.8) is 0 Å². The van der Waals surface area contributed by atoms with E-state index in [-0.39, 0.29) is 27.9 Å². The fourth-order valence-electron chi connectivity index (χ4n) is 2.88. The first kappa shape index (κ1) is 25.5. The van der Waals surface area contributed by atoms with Gasteiger partial charge in [-0.25, -0.2) is 0 Å². The van der Waals surface area contributed by atoms with Gasteiger partial charge in [-0.15, -0.1) is 10.2 Å². The molecule has 3 aromatic rings. The second-order valence-corrected chi connectivity index (χ2v) is 8.44. The van der Waals surface area contributed by atoms with Gasteiger partial charge in [0.15, 0.2) is 0 Å². The Morgan fingerprint density at radius 3 is 2.26 bits per heavy atom. The van der Waals surface area contributed by atoms with Crippen LogP contribution in [-0.4, -0.2) is 32.6 Å². The molecule has 0 saturated heterocycles. The molecule has 35 heavy (non-hydrogen) atoms. The Kier molecular flexibility index (Phi) is 8.23. The van der Waals surface area contributed by atoms with E-state index in [2.05, 4.69) is 25.8 Å². The molecule has 1 amide bonds. The average molecular weight is 498 g/mol. The fourth-order valence-corrected chi connectivity index (χ4v) is 3.40. The highest BCUT2D eigenvalue weighted by Crippen LogP contribution is 2.40. The second kappa shape index (κ2) is 11.3. The van der Waals surface area contributed by atoms with Crippen molar-refractivity contribution < 1.29 is 27.2 Å². The number of azo groups is 2. The average Bonchev–Trinajstić information content (AvgIpc) is 2.82. The van der Waals surface area contributed by atoms with Crippen LogP contribution in [0.15, 0.2) is 86.0 Å². The van der Waals surface area contributed by atoms with Crippen molar-refractivity contribution in [2.75, 3.05) is 19.0 Å². The molecule has 2 N–H and O–H groups in total. The van der Waals surface area contributed by atoms with Gasteiger partial charge >= 0.3 is 0 Å². The lowest BCUT2D eigenvalue weighted by Gasteiger charge is -2.10. The Hall–Kier alpha value is -4.16. The van der Waals surface area contributed by atoms with Gasteiger partial charge in [0.25, 0.3) is 10.1 Å². The van der Waals surface area contributed by atoms with E-state index in [0.717, 1.165) is 6.07 Å². The number of rotatable bonds is 9. The van der Waals surface area contributed by atoms with Gasteiger partial charge in [0.2, 0.25) is 5.91 Å². The number of ether oxygens (including phenoxy) is 2. The zero-order valence-electron chi connectivity index (χ0n) is 19.2. The number of amides is 1. The zero-order valence-corrected chi connectivity index (χ0v) is 20.0. The Balaban J connectivity index is 1.96. The summed E-state index contributed by atoms with van der Waals surface area (Å²) < 4.78 is 42.8. The summed E-state index contributed by atoms with van der Waals surface area (Å²) in [6, 6.07) is 15.4. The molecule has 0 bridgehead atoms. The molecule has 0 saturated carbocycles. The third kappa shape index (κ3) is 7.16. The molecule has 0 radical (unpaired) electrons. The minimum absolute atomic E-state index is 0.173. The van der Waals surface area contributed by atoms with E-state index in [1.807, 2.05) is 6.92 Å². The van der Waals surface area contributed by atoms with Crippen molar-refractivity contribution in [1.82, 2.24) is 0 Å². The van der Waals surface area contributed by atoms with Crippen LogP contribution in [0.3, 0.4) is 0 Å². The van der Waals surface area contributed by atoms with E-state index >= 15 is 0 Å². The summed E-state index contributed by atoms with van der Waals surface area (Å²) in [6.45, 7) is 3.79. The van der Waals surface area contributed by atoms with Gasteiger partial charge in [-0.1, -0.05) is 6.07 Å². The summed E-state index contributed by atoms with van der Waals surface area (Å²) >= 11 is 0. The molecule has 3 rings (SSSR count). The summed E-state index contributed by atoms with van der Waals surface area (Å²) in [5, 5.41) is 19.2. The molecule has 0 spiro atoms. The predicted molar refractivity (Wildman–Crippen MR) is 130 cm³/mol. The Bertz CT molecular complexity index is 1370. The molecular weight excluding hydrogens is 474 g/mol. The molecule has 0 atom stereocenters. The second-order valence-electron chi connectivity index (χ2n) is 7.02. The van der Waals surface area contributed by atoms with Crippen LogP contribution in [-0.2, 0) is 14.9 Å². The molecule has 0 heterocycles. The molecule has 0 fully saturated rings. The van der Waals surface area contributed by atoms with Gasteiger partial charge in [-0.3, -0.25) is 9.35 Å². The number of carbonyl (C=O) groups excluding carboxylic acids is 1. The van der Waals surface area contributed by atoms with Crippen molar-refractivity contribution in [3.8, 4) is 11.5 Å². The highest BCUT2D eigenvalue weighted by molar-refractivity contribution is 7.85. The lowest BCUT2D eigenvalue weighted by Crippen LogP contribution is -2.05. The van der Waals surface area contributed by atoms with Crippen LogP contribution >= 0.6 is 0 Å². The molecule has 0 aromatic heterocycles. The maximum absolute atomic E-state index is 11.7. The molecule has 12 heteroatoms. The van der Waals surface area contributed by atoms with E-state index in [4.69, 9.17) is 9.47 Å². The van der Waals surface area contributed by atoms with Crippen LogP contribution < -0.4 is 14.8 Å². The number of hydrogen-bond acceptors (Lipinski definition) is 9. The molecule has 0 aliphatic carbocycles. The first-order valence-electron chi connectivity index (χ1n) is 10.3. The SMILES string of the molecule is CCOc1ccc(N=Nc2cc(NC(C)=O)c(N=Nc3cccc(S(=O)(=O)O)c3)cc2OC)cc1. The lowest BCUT2D eigenvalue weighted by molar-refractivity contribution is -0.114. The lowest BCUT2D eigenvalue weighted by atomic mass is 10.2. The fraction of sp³-hybridized carbons (Fsp3) is 0.174. The molecule has 0 aliphatic heterocycles. The third-order valence-electron chi connectivity index (χ3n) is 4.42. The summed E-state index contributed by atoms with van der Waals surface area (Å²) in [6.07, 6.45) is 0. The first-order valence-corrected chi connectivity index (χ1v) is 11.8. The maximum Gasteiger partial charge on any atom is 0.294 e. The summed E-state index contributed by atoms with van der Waals surface area (Å²) in [5.41, 5.74) is 1.60. The van der Waals surface area contributed by atoms with Crippen LogP contribution in [0.4, 0.5) is 28.4 Å². The quantitative estimate of drug-likeness (QED) is 0.268. The molecule has 0 unspecified atom stereocenters. The van der Waals surface area contributed by atoms with Gasteiger partial charge in [0, 0.05) is 13.0 Å². The van der Waals surface area contributed by atoms with E-state index < -0.39 is 10.1 Å². The zero-order chi connectivity index (χ0) is 25.4. The summed E-state index contributed by atoms with van der Waals surface area (Å²) in [4.78, 5) is 11.4. The summed E-state index contributed by atoms with van der Waals surface area (Å²) in [5.74, 6) is 0.678. The van der Waals surface area contributed by atoms with E-state index in [1.54, 1.807) is 24.3 Å². The van der Waals surface area contributed by atoms with Gasteiger partial charge in [0.1, 0.15) is 22.9 Å². The number of hydrogen-bond donors (Lipinski definition) is 2. The van der Waals surface area contributed by atoms with Crippen LogP contribution in [0.2, 0.25) is 0 Å². The van der Waals surface area contributed by atoms with Crippen molar-refractivity contribution >= 4 is 44.5 Å². The number of methoxy groups -OCH3 is 1. The van der Waals surface area contributed by atoms with Gasteiger partial charge in [-0.05, 0) is 55.5 Å². The monoisotopic (exact) mass is 497 g/mol. The molecular formula is C23H23N5O6S. The number of carbonyl (C=O) groups is 1.